The van der Waals surface area contributed by atoms with E-state index >= 15 is 0 Å². The van der Waals surface area contributed by atoms with Crippen molar-refractivity contribution in [1.82, 2.24) is 10.2 Å². The van der Waals surface area contributed by atoms with E-state index in [2.05, 4.69) is 5.32 Å². The first-order valence-corrected chi connectivity index (χ1v) is 6.08. The number of rotatable bonds is 4. The first kappa shape index (κ1) is 15.7. The van der Waals surface area contributed by atoms with Gasteiger partial charge < -0.3 is 10.2 Å². The molecule has 0 aromatic carbocycles. The van der Waals surface area contributed by atoms with E-state index in [4.69, 9.17) is 0 Å². The number of carbonyl (C=O) groups is 1. The van der Waals surface area contributed by atoms with Gasteiger partial charge in [-0.25, -0.2) is 0 Å². The van der Waals surface area contributed by atoms with E-state index in [9.17, 15) is 4.79 Å². The van der Waals surface area contributed by atoms with Gasteiger partial charge in [0.2, 0.25) is 5.91 Å². The molecule has 1 amide bonds. The van der Waals surface area contributed by atoms with Gasteiger partial charge in [0.05, 0.1) is 0 Å². The van der Waals surface area contributed by atoms with Crippen molar-refractivity contribution in [3.05, 3.63) is 0 Å². The van der Waals surface area contributed by atoms with E-state index < -0.39 is 0 Å². The molecule has 1 saturated carbocycles. The van der Waals surface area contributed by atoms with Crippen LogP contribution in [0.1, 0.15) is 39.0 Å². The Balaban J connectivity index is 0.00000225. The van der Waals surface area contributed by atoms with Gasteiger partial charge >= 0.3 is 0 Å². The van der Waals surface area contributed by atoms with Crippen molar-refractivity contribution in [2.45, 2.75) is 45.1 Å². The SMILES string of the molecule is CNCC(C)C(=O)N(C)C1CCCCC1.Cl. The Morgan fingerprint density at radius 1 is 1.38 bits per heavy atom. The van der Waals surface area contributed by atoms with E-state index in [0.717, 1.165) is 6.54 Å². The summed E-state index contributed by atoms with van der Waals surface area (Å²) in [5.74, 6) is 0.387. The van der Waals surface area contributed by atoms with Gasteiger partial charge in [0.25, 0.3) is 0 Å². The molecule has 4 heteroatoms. The standard InChI is InChI=1S/C12H24N2O.ClH/c1-10(9-13-2)12(15)14(3)11-7-5-4-6-8-11;/h10-11,13H,4-9H2,1-3H3;1H. The zero-order valence-corrected chi connectivity index (χ0v) is 11.5. The molecular weight excluding hydrogens is 224 g/mol. The minimum absolute atomic E-state index is 0. The van der Waals surface area contributed by atoms with Crippen LogP contribution in [0.15, 0.2) is 0 Å². The molecule has 1 rings (SSSR count). The molecule has 3 nitrogen and oxygen atoms in total. The van der Waals surface area contributed by atoms with Crippen LogP contribution in [-0.4, -0.2) is 37.5 Å². The molecule has 16 heavy (non-hydrogen) atoms. The van der Waals surface area contributed by atoms with Crippen LogP contribution in [0.25, 0.3) is 0 Å². The van der Waals surface area contributed by atoms with E-state index in [1.165, 1.54) is 32.1 Å². The Morgan fingerprint density at radius 2 is 1.94 bits per heavy atom. The number of halogens is 1. The molecule has 0 aromatic rings. The Hall–Kier alpha value is -0.280. The van der Waals surface area contributed by atoms with Crippen molar-refractivity contribution in [3.8, 4) is 0 Å². The highest BCUT2D eigenvalue weighted by atomic mass is 35.5. The largest absolute Gasteiger partial charge is 0.343 e. The summed E-state index contributed by atoms with van der Waals surface area (Å²) >= 11 is 0. The van der Waals surface area contributed by atoms with Gasteiger partial charge in [-0.15, -0.1) is 12.4 Å². The lowest BCUT2D eigenvalue weighted by molar-refractivity contribution is -0.136. The molecule has 0 saturated heterocycles. The average molecular weight is 249 g/mol. The predicted octanol–water partition coefficient (Wildman–Crippen LogP) is 2.05. The third kappa shape index (κ3) is 4.30. The zero-order valence-electron chi connectivity index (χ0n) is 10.7. The normalized spacial score (nSPS) is 18.7. The van der Waals surface area contributed by atoms with Crippen LogP contribution in [0, 0.1) is 5.92 Å². The molecule has 1 aliphatic rings. The minimum Gasteiger partial charge on any atom is -0.343 e. The molecule has 0 bridgehead atoms. The summed E-state index contributed by atoms with van der Waals surface area (Å²) in [7, 11) is 3.86. The molecular formula is C12H25ClN2O. The van der Waals surface area contributed by atoms with Crippen molar-refractivity contribution in [1.29, 1.82) is 0 Å². The summed E-state index contributed by atoms with van der Waals surface area (Å²) in [6, 6.07) is 0.491. The predicted molar refractivity (Wildman–Crippen MR) is 70.0 cm³/mol. The van der Waals surface area contributed by atoms with Gasteiger partial charge in [0, 0.05) is 25.6 Å². The van der Waals surface area contributed by atoms with E-state index in [1.807, 2.05) is 25.9 Å². The molecule has 1 unspecified atom stereocenters. The fraction of sp³-hybridized carbons (Fsp3) is 0.917. The summed E-state index contributed by atoms with van der Waals surface area (Å²) in [4.78, 5) is 14.0. The minimum atomic E-state index is 0. The van der Waals surface area contributed by atoms with Crippen LogP contribution in [0.3, 0.4) is 0 Å². The number of nitrogens with zero attached hydrogens (tertiary/aromatic N) is 1. The average Bonchev–Trinajstić information content (AvgIpc) is 2.28. The van der Waals surface area contributed by atoms with Crippen molar-refractivity contribution >= 4 is 18.3 Å². The second kappa shape index (κ2) is 7.91. The second-order valence-corrected chi connectivity index (χ2v) is 4.70. The summed E-state index contributed by atoms with van der Waals surface area (Å²) < 4.78 is 0. The summed E-state index contributed by atoms with van der Waals surface area (Å²) in [6.07, 6.45) is 6.28. The van der Waals surface area contributed by atoms with E-state index in [-0.39, 0.29) is 24.2 Å². The smallest absolute Gasteiger partial charge is 0.226 e. The third-order valence-corrected chi connectivity index (χ3v) is 3.40. The molecule has 0 radical (unpaired) electrons. The van der Waals surface area contributed by atoms with Crippen LogP contribution in [0.4, 0.5) is 0 Å². The Morgan fingerprint density at radius 3 is 2.44 bits per heavy atom. The van der Waals surface area contributed by atoms with Gasteiger partial charge in [0.1, 0.15) is 0 Å². The zero-order chi connectivity index (χ0) is 11.3. The Bertz CT molecular complexity index is 205. The highest BCUT2D eigenvalue weighted by molar-refractivity contribution is 5.85. The number of hydrogen-bond donors (Lipinski definition) is 1. The highest BCUT2D eigenvalue weighted by Gasteiger charge is 2.24. The van der Waals surface area contributed by atoms with Crippen LogP contribution in [0.2, 0.25) is 0 Å². The molecule has 1 fully saturated rings. The quantitative estimate of drug-likeness (QED) is 0.826. The summed E-state index contributed by atoms with van der Waals surface area (Å²) in [6.45, 7) is 2.77. The van der Waals surface area contributed by atoms with Crippen molar-refractivity contribution in [2.24, 2.45) is 5.92 Å². The molecule has 1 atom stereocenters. The molecule has 96 valence electrons. The monoisotopic (exact) mass is 248 g/mol. The van der Waals surface area contributed by atoms with Crippen LogP contribution >= 0.6 is 12.4 Å². The van der Waals surface area contributed by atoms with Crippen LogP contribution in [0.5, 0.6) is 0 Å². The lowest BCUT2D eigenvalue weighted by Gasteiger charge is -2.33. The molecule has 0 aliphatic heterocycles. The molecule has 1 aliphatic carbocycles. The van der Waals surface area contributed by atoms with Crippen molar-refractivity contribution in [3.63, 3.8) is 0 Å². The number of carbonyl (C=O) groups excluding carboxylic acids is 1. The highest BCUT2D eigenvalue weighted by Crippen LogP contribution is 2.22. The van der Waals surface area contributed by atoms with Crippen molar-refractivity contribution < 1.29 is 4.79 Å². The third-order valence-electron chi connectivity index (χ3n) is 3.40. The molecule has 0 aromatic heterocycles. The number of amides is 1. The molecule has 1 N–H and O–H groups in total. The Kier molecular flexibility index (Phi) is 7.77. The first-order chi connectivity index (χ1) is 7.16. The second-order valence-electron chi connectivity index (χ2n) is 4.70. The maximum Gasteiger partial charge on any atom is 0.226 e. The van der Waals surface area contributed by atoms with E-state index in [1.54, 1.807) is 0 Å². The van der Waals surface area contributed by atoms with Crippen LogP contribution < -0.4 is 5.32 Å². The Labute approximate surface area is 105 Å². The topological polar surface area (TPSA) is 32.3 Å². The fourth-order valence-electron chi connectivity index (χ4n) is 2.39. The van der Waals surface area contributed by atoms with Gasteiger partial charge in [-0.2, -0.15) is 0 Å². The summed E-state index contributed by atoms with van der Waals surface area (Å²) in [5, 5.41) is 3.06. The maximum absolute atomic E-state index is 12.0. The van der Waals surface area contributed by atoms with Gasteiger partial charge in [0.15, 0.2) is 0 Å². The lowest BCUT2D eigenvalue weighted by atomic mass is 9.94. The first-order valence-electron chi connectivity index (χ1n) is 6.08. The van der Waals surface area contributed by atoms with Gasteiger partial charge in [-0.1, -0.05) is 26.2 Å². The number of nitrogens with one attached hydrogen (secondary N) is 1. The lowest BCUT2D eigenvalue weighted by Crippen LogP contribution is -2.43. The molecule has 0 spiro atoms. The van der Waals surface area contributed by atoms with Crippen LogP contribution in [-0.2, 0) is 4.79 Å². The van der Waals surface area contributed by atoms with Gasteiger partial charge in [-0.3, -0.25) is 4.79 Å². The van der Waals surface area contributed by atoms with E-state index in [0.29, 0.717) is 6.04 Å². The van der Waals surface area contributed by atoms with Crippen molar-refractivity contribution in [2.75, 3.05) is 20.6 Å². The fourth-order valence-corrected chi connectivity index (χ4v) is 2.39. The number of hydrogen-bond acceptors (Lipinski definition) is 2. The molecule has 0 heterocycles. The summed E-state index contributed by atoms with van der Waals surface area (Å²) in [5.41, 5.74) is 0. The maximum atomic E-state index is 12.0. The van der Waals surface area contributed by atoms with Gasteiger partial charge in [-0.05, 0) is 19.9 Å².